The van der Waals surface area contributed by atoms with E-state index in [4.69, 9.17) is 16.3 Å². The summed E-state index contributed by atoms with van der Waals surface area (Å²) < 4.78 is 32.0. The molecule has 0 bridgehead atoms. The number of rotatable bonds is 6. The average Bonchev–Trinajstić information content (AvgIpc) is 3.37. The van der Waals surface area contributed by atoms with E-state index in [0.29, 0.717) is 0 Å². The van der Waals surface area contributed by atoms with Crippen molar-refractivity contribution in [3.05, 3.63) is 28.8 Å². The van der Waals surface area contributed by atoms with Gasteiger partial charge in [-0.3, -0.25) is 10.1 Å². The molecule has 0 heterocycles. The van der Waals surface area contributed by atoms with Crippen LogP contribution in [0.1, 0.15) is 30.1 Å². The third-order valence-corrected chi connectivity index (χ3v) is 5.47. The number of halogens is 1. The summed E-state index contributed by atoms with van der Waals surface area (Å²) in [6.45, 7) is 1.28. The summed E-state index contributed by atoms with van der Waals surface area (Å²) in [5.41, 5.74) is -0.0924. The Kier molecular flexibility index (Phi) is 6.21. The van der Waals surface area contributed by atoms with Gasteiger partial charge in [-0.2, -0.15) is 0 Å². The fourth-order valence-electron chi connectivity index (χ4n) is 1.88. The SMILES string of the molecule is CNC(=O)NC(=O)[C@@H](C)OC(=O)c1ccc(Cl)c(S(=O)(=O)NC2CC2)c1. The number of benzene rings is 1. The number of sulfonamides is 1. The molecule has 0 saturated heterocycles. The van der Waals surface area contributed by atoms with Gasteiger partial charge in [0.25, 0.3) is 5.91 Å². The van der Waals surface area contributed by atoms with Crippen LogP contribution < -0.4 is 15.4 Å². The molecule has 1 aliphatic carbocycles. The molecule has 0 aliphatic heterocycles. The van der Waals surface area contributed by atoms with Crippen LogP contribution in [-0.2, 0) is 19.6 Å². The first-order valence-electron chi connectivity index (χ1n) is 7.69. The maximum atomic E-state index is 12.3. The topological polar surface area (TPSA) is 131 Å². The van der Waals surface area contributed by atoms with Gasteiger partial charge in [0.2, 0.25) is 10.0 Å². The van der Waals surface area contributed by atoms with Crippen molar-refractivity contribution in [3.8, 4) is 0 Å². The normalized spacial score (nSPS) is 15.0. The number of hydrogen-bond acceptors (Lipinski definition) is 6. The number of nitrogens with one attached hydrogen (secondary N) is 3. The Morgan fingerprint density at radius 3 is 2.50 bits per heavy atom. The second-order valence-corrected chi connectivity index (χ2v) is 7.75. The van der Waals surface area contributed by atoms with Crippen LogP contribution in [0.4, 0.5) is 4.79 Å². The zero-order chi connectivity index (χ0) is 19.5. The summed E-state index contributed by atoms with van der Waals surface area (Å²) in [6.07, 6.45) is 0.229. The fourth-order valence-corrected chi connectivity index (χ4v) is 3.71. The molecule has 1 saturated carbocycles. The van der Waals surface area contributed by atoms with Gasteiger partial charge in [-0.25, -0.2) is 22.7 Å². The molecule has 1 aromatic rings. The highest BCUT2D eigenvalue weighted by Crippen LogP contribution is 2.27. The second kappa shape index (κ2) is 8.02. The Hall–Kier alpha value is -2.17. The minimum absolute atomic E-state index is 0.0416. The first kappa shape index (κ1) is 20.1. The predicted molar refractivity (Wildman–Crippen MR) is 92.3 cm³/mol. The van der Waals surface area contributed by atoms with Crippen molar-refractivity contribution in [2.45, 2.75) is 36.8 Å². The van der Waals surface area contributed by atoms with Crippen molar-refractivity contribution < 1.29 is 27.5 Å². The zero-order valence-corrected chi connectivity index (χ0v) is 15.6. The van der Waals surface area contributed by atoms with Gasteiger partial charge in [-0.15, -0.1) is 0 Å². The number of ether oxygens (including phenoxy) is 1. The van der Waals surface area contributed by atoms with Crippen molar-refractivity contribution >= 4 is 39.5 Å². The van der Waals surface area contributed by atoms with Crippen molar-refractivity contribution in [3.63, 3.8) is 0 Å². The predicted octanol–water partition coefficient (Wildman–Crippen LogP) is 0.782. The highest BCUT2D eigenvalue weighted by Gasteiger charge is 2.30. The second-order valence-electron chi connectivity index (χ2n) is 5.66. The lowest BCUT2D eigenvalue weighted by Crippen LogP contribution is -2.43. The van der Waals surface area contributed by atoms with E-state index in [0.717, 1.165) is 18.9 Å². The summed E-state index contributed by atoms with van der Waals surface area (Å²) in [4.78, 5) is 34.7. The van der Waals surface area contributed by atoms with Crippen LogP contribution in [0.15, 0.2) is 23.1 Å². The van der Waals surface area contributed by atoms with E-state index in [1.54, 1.807) is 0 Å². The molecule has 11 heteroatoms. The Balaban J connectivity index is 2.13. The Morgan fingerprint density at radius 2 is 1.92 bits per heavy atom. The van der Waals surface area contributed by atoms with E-state index in [-0.39, 0.29) is 21.5 Å². The molecule has 0 unspecified atom stereocenters. The number of carbonyl (C=O) groups excluding carboxylic acids is 3. The quantitative estimate of drug-likeness (QED) is 0.601. The van der Waals surface area contributed by atoms with E-state index < -0.39 is 34.0 Å². The maximum absolute atomic E-state index is 12.3. The summed E-state index contributed by atoms with van der Waals surface area (Å²) in [5.74, 6) is -1.75. The van der Waals surface area contributed by atoms with Crippen LogP contribution in [0.3, 0.4) is 0 Å². The summed E-state index contributed by atoms with van der Waals surface area (Å²) >= 11 is 5.94. The van der Waals surface area contributed by atoms with Crippen molar-refractivity contribution in [2.75, 3.05) is 7.05 Å². The third kappa shape index (κ3) is 5.16. The molecule has 1 fully saturated rings. The number of hydrogen-bond donors (Lipinski definition) is 3. The fraction of sp³-hybridized carbons (Fsp3) is 0.400. The van der Waals surface area contributed by atoms with Gasteiger partial charge >= 0.3 is 12.0 Å². The number of amides is 3. The number of imide groups is 1. The zero-order valence-electron chi connectivity index (χ0n) is 14.0. The molecule has 0 radical (unpaired) electrons. The first-order valence-corrected chi connectivity index (χ1v) is 9.55. The molecule has 1 aromatic carbocycles. The lowest BCUT2D eigenvalue weighted by Gasteiger charge is -2.14. The van der Waals surface area contributed by atoms with Crippen LogP contribution in [0.2, 0.25) is 5.02 Å². The lowest BCUT2D eigenvalue weighted by molar-refractivity contribution is -0.127. The standard InChI is InChI=1S/C15H18ClN3O6S/c1-8(13(20)18-15(22)17-2)25-14(21)9-3-6-11(16)12(7-9)26(23,24)19-10-4-5-10/h3,6-8,10,19H,4-5H2,1-2H3,(H2,17,18,20,22)/t8-/m1/s1. The van der Waals surface area contributed by atoms with Gasteiger partial charge in [0, 0.05) is 13.1 Å². The molecular weight excluding hydrogens is 386 g/mol. The van der Waals surface area contributed by atoms with E-state index >= 15 is 0 Å². The molecule has 1 aliphatic rings. The van der Waals surface area contributed by atoms with Crippen LogP contribution in [-0.4, -0.2) is 45.5 Å². The highest BCUT2D eigenvalue weighted by molar-refractivity contribution is 7.89. The summed E-state index contributed by atoms with van der Waals surface area (Å²) in [6, 6.07) is 2.75. The van der Waals surface area contributed by atoms with Gasteiger partial charge in [0.05, 0.1) is 10.6 Å². The Morgan fingerprint density at radius 1 is 1.27 bits per heavy atom. The van der Waals surface area contributed by atoms with E-state index in [9.17, 15) is 22.8 Å². The molecular formula is C15H18ClN3O6S. The van der Waals surface area contributed by atoms with Crippen LogP contribution in [0.25, 0.3) is 0 Å². The van der Waals surface area contributed by atoms with Crippen LogP contribution >= 0.6 is 11.6 Å². The van der Waals surface area contributed by atoms with Crippen molar-refractivity contribution in [1.82, 2.24) is 15.4 Å². The van der Waals surface area contributed by atoms with Crippen molar-refractivity contribution in [1.29, 1.82) is 0 Å². The van der Waals surface area contributed by atoms with Crippen LogP contribution in [0.5, 0.6) is 0 Å². The number of esters is 1. The Labute approximate surface area is 155 Å². The van der Waals surface area contributed by atoms with E-state index in [1.165, 1.54) is 26.1 Å². The highest BCUT2D eigenvalue weighted by atomic mass is 35.5. The third-order valence-electron chi connectivity index (χ3n) is 3.47. The minimum Gasteiger partial charge on any atom is -0.449 e. The van der Waals surface area contributed by atoms with Gasteiger partial charge in [0.1, 0.15) is 4.90 Å². The first-order chi connectivity index (χ1) is 12.1. The monoisotopic (exact) mass is 403 g/mol. The molecule has 1 atom stereocenters. The molecule has 26 heavy (non-hydrogen) atoms. The largest absolute Gasteiger partial charge is 0.449 e. The molecule has 2 rings (SSSR count). The molecule has 3 N–H and O–H groups in total. The van der Waals surface area contributed by atoms with E-state index in [1.807, 2.05) is 5.32 Å². The average molecular weight is 404 g/mol. The summed E-state index contributed by atoms with van der Waals surface area (Å²) in [7, 11) is -2.55. The molecule has 0 aromatic heterocycles. The molecule has 3 amide bonds. The smallest absolute Gasteiger partial charge is 0.338 e. The van der Waals surface area contributed by atoms with Gasteiger partial charge in [0.15, 0.2) is 6.10 Å². The summed E-state index contributed by atoms with van der Waals surface area (Å²) in [5, 5.41) is 4.11. The van der Waals surface area contributed by atoms with E-state index in [2.05, 4.69) is 10.0 Å². The number of carbonyl (C=O) groups is 3. The molecule has 0 spiro atoms. The minimum atomic E-state index is -3.87. The van der Waals surface area contributed by atoms with Gasteiger partial charge in [-0.05, 0) is 38.0 Å². The maximum Gasteiger partial charge on any atom is 0.338 e. The van der Waals surface area contributed by atoms with Gasteiger partial charge in [-0.1, -0.05) is 11.6 Å². The van der Waals surface area contributed by atoms with Gasteiger partial charge < -0.3 is 10.1 Å². The Bertz CT molecular complexity index is 838. The van der Waals surface area contributed by atoms with Crippen molar-refractivity contribution in [2.24, 2.45) is 0 Å². The lowest BCUT2D eigenvalue weighted by atomic mass is 10.2. The molecule has 142 valence electrons. The number of urea groups is 1. The van der Waals surface area contributed by atoms with Crippen LogP contribution in [0, 0.1) is 0 Å². The molecule has 9 nitrogen and oxygen atoms in total.